The number of carbonyl (C=O) groups is 2. The Labute approximate surface area is 134 Å². The Morgan fingerprint density at radius 1 is 1.17 bits per heavy atom. The van der Waals surface area contributed by atoms with Crippen molar-refractivity contribution in [1.29, 1.82) is 0 Å². The number of aromatic amines is 1. The van der Waals surface area contributed by atoms with Gasteiger partial charge in [-0.15, -0.1) is 0 Å². The fourth-order valence-electron chi connectivity index (χ4n) is 3.17. The van der Waals surface area contributed by atoms with E-state index in [1.165, 1.54) is 12.3 Å². The van der Waals surface area contributed by atoms with E-state index in [1.807, 2.05) is 4.90 Å². The van der Waals surface area contributed by atoms with Crippen LogP contribution in [0.15, 0.2) is 23.1 Å². The summed E-state index contributed by atoms with van der Waals surface area (Å²) >= 11 is 0. The van der Waals surface area contributed by atoms with Gasteiger partial charge < -0.3 is 19.5 Å². The number of pyridine rings is 1. The molecule has 2 saturated heterocycles. The number of H-pyrrole nitrogens is 1. The molecule has 7 heteroatoms. The van der Waals surface area contributed by atoms with Crippen molar-refractivity contribution < 1.29 is 14.3 Å². The van der Waals surface area contributed by atoms with Crippen molar-refractivity contribution >= 4 is 11.8 Å². The van der Waals surface area contributed by atoms with Gasteiger partial charge >= 0.3 is 0 Å². The van der Waals surface area contributed by atoms with Crippen LogP contribution in [0.1, 0.15) is 23.2 Å². The first-order valence-corrected chi connectivity index (χ1v) is 8.00. The number of ether oxygens (including phenoxy) is 1. The molecule has 3 heterocycles. The maximum atomic E-state index is 12.6. The van der Waals surface area contributed by atoms with Crippen molar-refractivity contribution in [2.24, 2.45) is 5.92 Å². The summed E-state index contributed by atoms with van der Waals surface area (Å²) in [5.74, 6) is -0.396. The smallest absolute Gasteiger partial charge is 0.260 e. The standard InChI is InChI=1S/C16H21N3O4/c20-14-13(4-1-5-17-14)16(22)19-6-2-3-12(11-19)15(21)18-7-9-23-10-8-18/h1,4-5,12H,2-3,6-11H2,(H,17,20)/t12-/m1/s1. The molecule has 0 unspecified atom stereocenters. The van der Waals surface area contributed by atoms with E-state index in [4.69, 9.17) is 4.74 Å². The molecule has 0 spiro atoms. The fraction of sp³-hybridized carbons (Fsp3) is 0.562. The number of likely N-dealkylation sites (tertiary alicyclic amines) is 1. The number of rotatable bonds is 2. The van der Waals surface area contributed by atoms with Crippen molar-refractivity contribution in [3.05, 3.63) is 34.2 Å². The number of aromatic nitrogens is 1. The van der Waals surface area contributed by atoms with E-state index in [0.717, 1.165) is 12.8 Å². The lowest BCUT2D eigenvalue weighted by Gasteiger charge is -2.36. The van der Waals surface area contributed by atoms with E-state index in [9.17, 15) is 14.4 Å². The molecule has 2 amide bonds. The minimum Gasteiger partial charge on any atom is -0.378 e. The van der Waals surface area contributed by atoms with E-state index in [1.54, 1.807) is 11.0 Å². The van der Waals surface area contributed by atoms with Crippen molar-refractivity contribution in [2.45, 2.75) is 12.8 Å². The van der Waals surface area contributed by atoms with Crippen LogP contribution in [0.4, 0.5) is 0 Å². The molecule has 0 radical (unpaired) electrons. The summed E-state index contributed by atoms with van der Waals surface area (Å²) in [4.78, 5) is 42.8. The second-order valence-corrected chi connectivity index (χ2v) is 5.94. The Kier molecular flexibility index (Phi) is 4.76. The van der Waals surface area contributed by atoms with Crippen LogP contribution in [0, 0.1) is 5.92 Å². The third kappa shape index (κ3) is 3.44. The lowest BCUT2D eigenvalue weighted by molar-refractivity contribution is -0.141. The first kappa shape index (κ1) is 15.7. The van der Waals surface area contributed by atoms with E-state index in [0.29, 0.717) is 39.4 Å². The molecule has 7 nitrogen and oxygen atoms in total. The lowest BCUT2D eigenvalue weighted by Crippen LogP contribution is -2.50. The molecular weight excluding hydrogens is 298 g/mol. The van der Waals surface area contributed by atoms with Gasteiger partial charge in [0.15, 0.2) is 0 Å². The van der Waals surface area contributed by atoms with Gasteiger partial charge in [-0.2, -0.15) is 0 Å². The Bertz CT molecular complexity index is 636. The highest BCUT2D eigenvalue weighted by molar-refractivity contribution is 5.94. The van der Waals surface area contributed by atoms with Gasteiger partial charge in [-0.25, -0.2) is 0 Å². The first-order chi connectivity index (χ1) is 11.2. The molecular formula is C16H21N3O4. The van der Waals surface area contributed by atoms with Gasteiger partial charge in [0.25, 0.3) is 11.5 Å². The Balaban J connectivity index is 1.68. The summed E-state index contributed by atoms with van der Waals surface area (Å²) < 4.78 is 5.27. The quantitative estimate of drug-likeness (QED) is 0.837. The van der Waals surface area contributed by atoms with Crippen molar-refractivity contribution in [2.75, 3.05) is 39.4 Å². The molecule has 1 aromatic heterocycles. The zero-order valence-corrected chi connectivity index (χ0v) is 13.0. The molecule has 0 aromatic carbocycles. The van der Waals surface area contributed by atoms with Gasteiger partial charge in [-0.05, 0) is 25.0 Å². The number of hydrogen-bond donors (Lipinski definition) is 1. The fourth-order valence-corrected chi connectivity index (χ4v) is 3.17. The zero-order valence-electron chi connectivity index (χ0n) is 13.0. The molecule has 0 aliphatic carbocycles. The zero-order chi connectivity index (χ0) is 16.2. The molecule has 3 rings (SSSR count). The normalized spacial score (nSPS) is 22.0. The first-order valence-electron chi connectivity index (χ1n) is 8.00. The molecule has 1 aromatic rings. The largest absolute Gasteiger partial charge is 0.378 e. The monoisotopic (exact) mass is 319 g/mol. The van der Waals surface area contributed by atoms with Crippen molar-refractivity contribution in [3.63, 3.8) is 0 Å². The molecule has 1 N–H and O–H groups in total. The number of piperidine rings is 1. The van der Waals surface area contributed by atoms with Gasteiger partial charge in [0.05, 0.1) is 19.1 Å². The lowest BCUT2D eigenvalue weighted by atomic mass is 9.95. The van der Waals surface area contributed by atoms with Crippen LogP contribution >= 0.6 is 0 Å². The van der Waals surface area contributed by atoms with Gasteiger partial charge in [0.1, 0.15) is 5.56 Å². The van der Waals surface area contributed by atoms with Crippen molar-refractivity contribution in [3.8, 4) is 0 Å². The molecule has 2 aliphatic heterocycles. The molecule has 2 fully saturated rings. The minimum atomic E-state index is -0.390. The number of hydrogen-bond acceptors (Lipinski definition) is 4. The number of amides is 2. The summed E-state index contributed by atoms with van der Waals surface area (Å²) in [6, 6.07) is 3.16. The average Bonchev–Trinajstić information content (AvgIpc) is 2.62. The maximum absolute atomic E-state index is 12.6. The third-order valence-corrected chi connectivity index (χ3v) is 4.43. The Morgan fingerprint density at radius 2 is 1.96 bits per heavy atom. The van der Waals surface area contributed by atoms with E-state index >= 15 is 0 Å². The van der Waals surface area contributed by atoms with Gasteiger partial charge in [0.2, 0.25) is 5.91 Å². The summed E-state index contributed by atoms with van der Waals surface area (Å²) in [5.41, 5.74) is -0.258. The number of nitrogens with one attached hydrogen (secondary N) is 1. The van der Waals surface area contributed by atoms with Crippen LogP contribution in [0.2, 0.25) is 0 Å². The maximum Gasteiger partial charge on any atom is 0.260 e. The predicted octanol–water partition coefficient (Wildman–Crippen LogP) is 0.0859. The van der Waals surface area contributed by atoms with Crippen LogP contribution in [-0.2, 0) is 9.53 Å². The highest BCUT2D eigenvalue weighted by Gasteiger charge is 2.32. The van der Waals surface area contributed by atoms with E-state index < -0.39 is 0 Å². The van der Waals surface area contributed by atoms with Gasteiger partial charge in [0, 0.05) is 32.4 Å². The summed E-state index contributed by atoms with van der Waals surface area (Å²) in [7, 11) is 0. The third-order valence-electron chi connectivity index (χ3n) is 4.43. The summed E-state index contributed by atoms with van der Waals surface area (Å²) in [6.45, 7) is 3.33. The van der Waals surface area contributed by atoms with Crippen LogP contribution < -0.4 is 5.56 Å². The van der Waals surface area contributed by atoms with Crippen LogP contribution in [0.5, 0.6) is 0 Å². The van der Waals surface area contributed by atoms with Gasteiger partial charge in [-0.1, -0.05) is 0 Å². The number of nitrogens with zero attached hydrogens (tertiary/aromatic N) is 2. The molecule has 124 valence electrons. The van der Waals surface area contributed by atoms with Crippen LogP contribution in [0.3, 0.4) is 0 Å². The topological polar surface area (TPSA) is 82.7 Å². The molecule has 0 saturated carbocycles. The molecule has 0 bridgehead atoms. The Hall–Kier alpha value is -2.15. The summed E-state index contributed by atoms with van der Waals surface area (Å²) in [6.07, 6.45) is 3.06. The molecule has 1 atom stereocenters. The van der Waals surface area contributed by atoms with E-state index in [-0.39, 0.29) is 28.9 Å². The second kappa shape index (κ2) is 6.95. The SMILES string of the molecule is O=C(c1ccc[nH]c1=O)N1CCC[C@@H](C(=O)N2CCOCC2)C1. The van der Waals surface area contributed by atoms with Crippen molar-refractivity contribution in [1.82, 2.24) is 14.8 Å². The summed E-state index contributed by atoms with van der Waals surface area (Å²) in [5, 5.41) is 0. The average molecular weight is 319 g/mol. The van der Waals surface area contributed by atoms with Crippen LogP contribution in [-0.4, -0.2) is 66.0 Å². The minimum absolute atomic E-state index is 0.0905. The highest BCUT2D eigenvalue weighted by atomic mass is 16.5. The van der Waals surface area contributed by atoms with Gasteiger partial charge in [-0.3, -0.25) is 14.4 Å². The predicted molar refractivity (Wildman–Crippen MR) is 83.1 cm³/mol. The Morgan fingerprint density at radius 3 is 2.70 bits per heavy atom. The number of morpholine rings is 1. The highest BCUT2D eigenvalue weighted by Crippen LogP contribution is 2.20. The molecule has 23 heavy (non-hydrogen) atoms. The van der Waals surface area contributed by atoms with Crippen LogP contribution in [0.25, 0.3) is 0 Å². The second-order valence-electron chi connectivity index (χ2n) is 5.94. The van der Waals surface area contributed by atoms with E-state index in [2.05, 4.69) is 4.98 Å². The number of carbonyl (C=O) groups excluding carboxylic acids is 2. The molecule has 2 aliphatic rings.